The lowest BCUT2D eigenvalue weighted by atomic mass is 9.84. The topological polar surface area (TPSA) is 42.6 Å². The number of H-pyrrole nitrogens is 1. The summed E-state index contributed by atoms with van der Waals surface area (Å²) in [5, 5.41) is 1.20. The molecule has 0 saturated carbocycles. The van der Waals surface area contributed by atoms with Gasteiger partial charge in [0.25, 0.3) is 5.91 Å². The molecule has 4 heterocycles. The van der Waals surface area contributed by atoms with Gasteiger partial charge in [-0.3, -0.25) is 9.69 Å². The van der Waals surface area contributed by atoms with Crippen LogP contribution < -0.4 is 0 Å². The predicted octanol–water partition coefficient (Wildman–Crippen LogP) is 5.33. The van der Waals surface area contributed by atoms with Gasteiger partial charge in [-0.15, -0.1) is 0 Å². The van der Waals surface area contributed by atoms with E-state index in [1.807, 2.05) is 0 Å². The zero-order chi connectivity index (χ0) is 24.9. The third-order valence-electron chi connectivity index (χ3n) is 9.30. The number of piperidine rings is 1. The summed E-state index contributed by atoms with van der Waals surface area (Å²) in [6, 6.07) is 15.1. The minimum atomic E-state index is 0.193. The van der Waals surface area contributed by atoms with Crippen molar-refractivity contribution in [2.75, 3.05) is 46.3 Å². The first-order valence-corrected chi connectivity index (χ1v) is 13.8. The number of hydrogen-bond acceptors (Lipinski definition) is 3. The van der Waals surface area contributed by atoms with Crippen LogP contribution in [0.1, 0.15) is 64.3 Å². The number of aromatic nitrogens is 1. The molecule has 190 valence electrons. The van der Waals surface area contributed by atoms with E-state index in [1.165, 1.54) is 41.3 Å². The van der Waals surface area contributed by atoms with Crippen LogP contribution in [0.5, 0.6) is 0 Å². The number of rotatable bonds is 4. The van der Waals surface area contributed by atoms with E-state index in [4.69, 9.17) is 0 Å². The van der Waals surface area contributed by atoms with Gasteiger partial charge in [-0.05, 0) is 94.9 Å². The van der Waals surface area contributed by atoms with Crippen molar-refractivity contribution >= 4 is 16.8 Å². The smallest absolute Gasteiger partial charge is 0.270 e. The molecule has 6 rings (SSSR count). The van der Waals surface area contributed by atoms with Crippen molar-refractivity contribution in [3.63, 3.8) is 0 Å². The van der Waals surface area contributed by atoms with Crippen LogP contribution in [0, 0.1) is 19.3 Å². The molecular weight excluding hydrogens is 444 g/mol. The van der Waals surface area contributed by atoms with Crippen molar-refractivity contribution < 1.29 is 4.79 Å². The Morgan fingerprint density at radius 1 is 0.944 bits per heavy atom. The standard InChI is InChI=1S/C31H40N4O/c1-22-7-6-8-23(2)28(22)24-11-15-34(16-12-24)19-26-25-9-4-5-10-27(25)32-29(26)30(36)35-18-14-31(21-35)13-17-33(3)20-31/h4-10,24,32H,11-21H2,1-3H3. The van der Waals surface area contributed by atoms with E-state index in [1.54, 1.807) is 5.56 Å². The van der Waals surface area contributed by atoms with Crippen LogP contribution in [-0.4, -0.2) is 71.9 Å². The number of amides is 1. The molecule has 3 aromatic rings. The van der Waals surface area contributed by atoms with Crippen molar-refractivity contribution in [3.8, 4) is 0 Å². The molecule has 5 heteroatoms. The fourth-order valence-electron chi connectivity index (χ4n) is 7.38. The van der Waals surface area contributed by atoms with E-state index < -0.39 is 0 Å². The summed E-state index contributed by atoms with van der Waals surface area (Å²) in [5.74, 6) is 0.829. The maximum absolute atomic E-state index is 13.9. The molecule has 3 aliphatic heterocycles. The fourth-order valence-corrected chi connectivity index (χ4v) is 7.38. The molecule has 1 aromatic heterocycles. The van der Waals surface area contributed by atoms with Gasteiger partial charge in [0.15, 0.2) is 0 Å². The average Bonchev–Trinajstić information content (AvgIpc) is 3.57. The quantitative estimate of drug-likeness (QED) is 0.544. The number of carbonyl (C=O) groups excluding carboxylic acids is 1. The summed E-state index contributed by atoms with van der Waals surface area (Å²) < 4.78 is 0. The van der Waals surface area contributed by atoms with Gasteiger partial charge in [-0.25, -0.2) is 0 Å². The van der Waals surface area contributed by atoms with Crippen LogP contribution in [0.25, 0.3) is 10.9 Å². The second kappa shape index (κ2) is 9.35. The maximum atomic E-state index is 13.9. The number of hydrogen-bond donors (Lipinski definition) is 1. The second-order valence-electron chi connectivity index (χ2n) is 11.8. The second-order valence-corrected chi connectivity index (χ2v) is 11.8. The minimum absolute atomic E-state index is 0.193. The maximum Gasteiger partial charge on any atom is 0.270 e. The van der Waals surface area contributed by atoms with Gasteiger partial charge in [0.05, 0.1) is 0 Å². The molecule has 1 N–H and O–H groups in total. The molecule has 0 radical (unpaired) electrons. The Labute approximate surface area is 215 Å². The van der Waals surface area contributed by atoms with Crippen LogP contribution in [0.15, 0.2) is 42.5 Å². The number of benzene rings is 2. The summed E-state index contributed by atoms with van der Waals surface area (Å²) in [7, 11) is 2.21. The minimum Gasteiger partial charge on any atom is -0.350 e. The molecule has 0 bridgehead atoms. The molecule has 2 aromatic carbocycles. The Bertz CT molecular complexity index is 1250. The van der Waals surface area contributed by atoms with Gasteiger partial charge in [0, 0.05) is 48.1 Å². The van der Waals surface area contributed by atoms with Gasteiger partial charge < -0.3 is 14.8 Å². The molecule has 1 atom stereocenters. The van der Waals surface area contributed by atoms with Crippen LogP contribution >= 0.6 is 0 Å². The van der Waals surface area contributed by atoms with Gasteiger partial charge in [0.2, 0.25) is 0 Å². The Balaban J connectivity index is 1.21. The Morgan fingerprint density at radius 3 is 2.39 bits per heavy atom. The van der Waals surface area contributed by atoms with Gasteiger partial charge in [-0.1, -0.05) is 36.4 Å². The lowest BCUT2D eigenvalue weighted by molar-refractivity contribution is 0.0766. The lowest BCUT2D eigenvalue weighted by Gasteiger charge is -2.33. The van der Waals surface area contributed by atoms with Gasteiger partial charge >= 0.3 is 0 Å². The molecule has 36 heavy (non-hydrogen) atoms. The largest absolute Gasteiger partial charge is 0.350 e. The van der Waals surface area contributed by atoms with E-state index >= 15 is 0 Å². The number of fused-ring (bicyclic) bond motifs is 1. The number of aromatic amines is 1. The summed E-state index contributed by atoms with van der Waals surface area (Å²) >= 11 is 0. The molecule has 1 unspecified atom stereocenters. The molecule has 0 aliphatic carbocycles. The highest BCUT2D eigenvalue weighted by atomic mass is 16.2. The van der Waals surface area contributed by atoms with Crippen molar-refractivity contribution in [1.82, 2.24) is 19.7 Å². The van der Waals surface area contributed by atoms with E-state index in [0.717, 1.165) is 63.4 Å². The van der Waals surface area contributed by atoms with Crippen LogP contribution in [0.3, 0.4) is 0 Å². The van der Waals surface area contributed by atoms with Gasteiger partial charge in [-0.2, -0.15) is 0 Å². The normalized spacial score (nSPS) is 23.9. The number of aryl methyl sites for hydroxylation is 2. The van der Waals surface area contributed by atoms with Crippen LogP contribution in [0.4, 0.5) is 0 Å². The highest BCUT2D eigenvalue weighted by molar-refractivity contribution is 6.01. The zero-order valence-electron chi connectivity index (χ0n) is 22.1. The first-order chi connectivity index (χ1) is 17.4. The molecule has 3 aliphatic rings. The number of para-hydroxylation sites is 1. The van der Waals surface area contributed by atoms with Crippen LogP contribution in [0.2, 0.25) is 0 Å². The van der Waals surface area contributed by atoms with Crippen LogP contribution in [-0.2, 0) is 6.54 Å². The third-order valence-corrected chi connectivity index (χ3v) is 9.30. The van der Waals surface area contributed by atoms with Gasteiger partial charge in [0.1, 0.15) is 5.69 Å². The molecule has 3 saturated heterocycles. The van der Waals surface area contributed by atoms with E-state index in [0.29, 0.717) is 11.3 Å². The first-order valence-electron chi connectivity index (χ1n) is 13.8. The highest BCUT2D eigenvalue weighted by Gasteiger charge is 2.44. The highest BCUT2D eigenvalue weighted by Crippen LogP contribution is 2.40. The summed E-state index contributed by atoms with van der Waals surface area (Å²) in [5.41, 5.74) is 7.79. The SMILES string of the molecule is Cc1cccc(C)c1C1CCN(Cc2c(C(=O)N3CCC4(CCN(C)C4)C3)[nH]c3ccccc23)CC1. The van der Waals surface area contributed by atoms with E-state index in [-0.39, 0.29) is 5.91 Å². The third kappa shape index (κ3) is 4.26. The number of nitrogens with one attached hydrogen (secondary N) is 1. The number of carbonyl (C=O) groups is 1. The molecule has 5 nitrogen and oxygen atoms in total. The number of nitrogens with zero attached hydrogens (tertiary/aromatic N) is 3. The molecular formula is C31H40N4O. The molecule has 1 amide bonds. The fraction of sp³-hybridized carbons (Fsp3) is 0.516. The van der Waals surface area contributed by atoms with Crippen molar-refractivity contribution in [1.29, 1.82) is 0 Å². The Hall–Kier alpha value is -2.63. The predicted molar refractivity (Wildman–Crippen MR) is 147 cm³/mol. The monoisotopic (exact) mass is 484 g/mol. The molecule has 3 fully saturated rings. The Morgan fingerprint density at radius 2 is 1.67 bits per heavy atom. The van der Waals surface area contributed by atoms with E-state index in [2.05, 4.69) is 83.0 Å². The zero-order valence-corrected chi connectivity index (χ0v) is 22.1. The van der Waals surface area contributed by atoms with E-state index in [9.17, 15) is 4.79 Å². The average molecular weight is 485 g/mol. The summed E-state index contributed by atoms with van der Waals surface area (Å²) in [6.07, 6.45) is 4.70. The Kier molecular flexibility index (Phi) is 6.17. The molecule has 1 spiro atoms. The summed E-state index contributed by atoms with van der Waals surface area (Å²) in [6.45, 7) is 11.5. The number of likely N-dealkylation sites (tertiary alicyclic amines) is 3. The van der Waals surface area contributed by atoms with Crippen molar-refractivity contribution in [2.24, 2.45) is 5.41 Å². The summed E-state index contributed by atoms with van der Waals surface area (Å²) in [4.78, 5) is 24.5. The first kappa shape index (κ1) is 23.7. The lowest BCUT2D eigenvalue weighted by Crippen LogP contribution is -2.35. The van der Waals surface area contributed by atoms with Crippen molar-refractivity contribution in [2.45, 2.75) is 52.0 Å². The van der Waals surface area contributed by atoms with Crippen molar-refractivity contribution in [3.05, 3.63) is 70.4 Å².